The Hall–Kier alpha value is -1.55. The lowest BCUT2D eigenvalue weighted by molar-refractivity contribution is -0.117. The number of hydrogen-bond acceptors (Lipinski definition) is 3. The van der Waals surface area contributed by atoms with E-state index in [4.69, 9.17) is 5.73 Å². The number of carbonyl (C=O) groups excluding carboxylic acids is 1. The maximum atomic E-state index is 11.9. The van der Waals surface area contributed by atoms with Gasteiger partial charge in [-0.15, -0.1) is 0 Å². The normalized spacial score (nSPS) is 23.6. The third-order valence-electron chi connectivity index (χ3n) is 3.55. The van der Waals surface area contributed by atoms with Crippen LogP contribution < -0.4 is 11.1 Å². The van der Waals surface area contributed by atoms with Gasteiger partial charge in [-0.2, -0.15) is 0 Å². The maximum Gasteiger partial charge on any atom is 0.224 e. The number of phenolic OH excluding ortho intramolecular Hbond substituents is 1. The van der Waals surface area contributed by atoms with Gasteiger partial charge in [0, 0.05) is 24.2 Å². The van der Waals surface area contributed by atoms with Gasteiger partial charge in [0.2, 0.25) is 5.91 Å². The van der Waals surface area contributed by atoms with E-state index in [9.17, 15) is 9.90 Å². The standard InChI is InChI=1S/C14H20N2O2/c15-13-7-2-1-4-10(13)8-14(18)16-11-5-3-6-12(17)9-11/h3,5-6,9-10,13,17H,1-2,4,7-8,15H2,(H,16,18). The van der Waals surface area contributed by atoms with Crippen molar-refractivity contribution in [1.82, 2.24) is 0 Å². The van der Waals surface area contributed by atoms with E-state index < -0.39 is 0 Å². The van der Waals surface area contributed by atoms with E-state index in [-0.39, 0.29) is 23.6 Å². The molecule has 1 aliphatic rings. The third-order valence-corrected chi connectivity index (χ3v) is 3.55. The van der Waals surface area contributed by atoms with Crippen LogP contribution in [0.4, 0.5) is 5.69 Å². The van der Waals surface area contributed by atoms with Crippen molar-refractivity contribution in [2.24, 2.45) is 11.7 Å². The van der Waals surface area contributed by atoms with Gasteiger partial charge in [-0.1, -0.05) is 18.9 Å². The topological polar surface area (TPSA) is 75.4 Å². The van der Waals surface area contributed by atoms with Crippen molar-refractivity contribution in [1.29, 1.82) is 0 Å². The molecular weight excluding hydrogens is 228 g/mol. The fourth-order valence-electron chi connectivity index (χ4n) is 2.52. The lowest BCUT2D eigenvalue weighted by Crippen LogP contribution is -2.35. The molecule has 2 atom stereocenters. The molecule has 0 saturated heterocycles. The molecule has 4 nitrogen and oxygen atoms in total. The Morgan fingerprint density at radius 2 is 2.17 bits per heavy atom. The van der Waals surface area contributed by atoms with Crippen LogP contribution in [0.2, 0.25) is 0 Å². The number of nitrogens with two attached hydrogens (primary N) is 1. The second-order valence-electron chi connectivity index (χ2n) is 5.01. The minimum absolute atomic E-state index is 0.0250. The molecule has 1 amide bonds. The van der Waals surface area contributed by atoms with Gasteiger partial charge in [0.05, 0.1) is 0 Å². The predicted molar refractivity (Wildman–Crippen MR) is 71.3 cm³/mol. The van der Waals surface area contributed by atoms with Crippen molar-refractivity contribution in [3.8, 4) is 5.75 Å². The third kappa shape index (κ3) is 3.47. The first kappa shape index (κ1) is 12.9. The summed E-state index contributed by atoms with van der Waals surface area (Å²) in [6.07, 6.45) is 4.86. The molecule has 0 aromatic heterocycles. The van der Waals surface area contributed by atoms with Crippen LogP contribution in [-0.2, 0) is 4.79 Å². The first-order valence-corrected chi connectivity index (χ1v) is 6.49. The van der Waals surface area contributed by atoms with E-state index in [1.807, 2.05) is 0 Å². The molecule has 0 spiro atoms. The first-order valence-electron chi connectivity index (χ1n) is 6.49. The van der Waals surface area contributed by atoms with Gasteiger partial charge < -0.3 is 16.2 Å². The van der Waals surface area contributed by atoms with Gasteiger partial charge in [-0.3, -0.25) is 4.79 Å². The van der Waals surface area contributed by atoms with E-state index in [2.05, 4.69) is 5.32 Å². The summed E-state index contributed by atoms with van der Waals surface area (Å²) in [5, 5.41) is 12.1. The molecule has 1 saturated carbocycles. The molecule has 98 valence electrons. The zero-order valence-electron chi connectivity index (χ0n) is 10.4. The summed E-state index contributed by atoms with van der Waals surface area (Å²) in [6.45, 7) is 0. The molecule has 1 aromatic carbocycles. The smallest absolute Gasteiger partial charge is 0.224 e. The van der Waals surface area contributed by atoms with Gasteiger partial charge in [-0.05, 0) is 30.9 Å². The summed E-state index contributed by atoms with van der Waals surface area (Å²) in [7, 11) is 0. The van der Waals surface area contributed by atoms with Crippen LogP contribution in [0.3, 0.4) is 0 Å². The average molecular weight is 248 g/mol. The molecular formula is C14H20N2O2. The Balaban J connectivity index is 1.88. The van der Waals surface area contributed by atoms with E-state index >= 15 is 0 Å². The highest BCUT2D eigenvalue weighted by Gasteiger charge is 2.24. The molecule has 0 bridgehead atoms. The van der Waals surface area contributed by atoms with Crippen molar-refractivity contribution in [2.75, 3.05) is 5.32 Å². The van der Waals surface area contributed by atoms with Crippen LogP contribution in [-0.4, -0.2) is 17.1 Å². The van der Waals surface area contributed by atoms with Crippen molar-refractivity contribution < 1.29 is 9.90 Å². The molecule has 1 aromatic rings. The first-order chi connectivity index (χ1) is 8.65. The summed E-state index contributed by atoms with van der Waals surface area (Å²) < 4.78 is 0. The fourth-order valence-corrected chi connectivity index (χ4v) is 2.52. The summed E-state index contributed by atoms with van der Waals surface area (Å²) in [5.74, 6) is 0.418. The van der Waals surface area contributed by atoms with E-state index in [1.165, 1.54) is 6.42 Å². The highest BCUT2D eigenvalue weighted by molar-refractivity contribution is 5.91. The van der Waals surface area contributed by atoms with Crippen molar-refractivity contribution in [2.45, 2.75) is 38.1 Å². The van der Waals surface area contributed by atoms with Crippen LogP contribution in [0.1, 0.15) is 32.1 Å². The minimum Gasteiger partial charge on any atom is -0.508 e. The summed E-state index contributed by atoms with van der Waals surface area (Å²) >= 11 is 0. The molecule has 4 N–H and O–H groups in total. The summed E-state index contributed by atoms with van der Waals surface area (Å²) in [5.41, 5.74) is 6.65. The van der Waals surface area contributed by atoms with Crippen molar-refractivity contribution >= 4 is 11.6 Å². The number of hydrogen-bond donors (Lipinski definition) is 3. The Morgan fingerprint density at radius 3 is 2.89 bits per heavy atom. The number of phenols is 1. The fraction of sp³-hybridized carbons (Fsp3) is 0.500. The Kier molecular flexibility index (Phi) is 4.20. The van der Waals surface area contributed by atoms with Gasteiger partial charge >= 0.3 is 0 Å². The SMILES string of the molecule is NC1CCCCC1CC(=O)Nc1cccc(O)c1. The lowest BCUT2D eigenvalue weighted by Gasteiger charge is -2.27. The Labute approximate surface area is 107 Å². The highest BCUT2D eigenvalue weighted by Crippen LogP contribution is 2.26. The Morgan fingerprint density at radius 1 is 1.39 bits per heavy atom. The van der Waals surface area contributed by atoms with E-state index in [0.29, 0.717) is 12.1 Å². The van der Waals surface area contributed by atoms with E-state index in [0.717, 1.165) is 19.3 Å². The second kappa shape index (κ2) is 5.87. The molecule has 2 unspecified atom stereocenters. The maximum absolute atomic E-state index is 11.9. The van der Waals surface area contributed by atoms with Crippen LogP contribution in [0.25, 0.3) is 0 Å². The van der Waals surface area contributed by atoms with E-state index in [1.54, 1.807) is 24.3 Å². The molecule has 4 heteroatoms. The molecule has 0 heterocycles. The van der Waals surface area contributed by atoms with Crippen LogP contribution in [0.5, 0.6) is 5.75 Å². The summed E-state index contributed by atoms with van der Waals surface area (Å²) in [6, 6.07) is 6.73. The van der Waals surface area contributed by atoms with Gasteiger partial charge in [0.15, 0.2) is 0 Å². The predicted octanol–water partition coefficient (Wildman–Crippen LogP) is 2.24. The number of carbonyl (C=O) groups is 1. The molecule has 1 aliphatic carbocycles. The molecule has 2 rings (SSSR count). The number of rotatable bonds is 3. The van der Waals surface area contributed by atoms with Crippen molar-refractivity contribution in [3.63, 3.8) is 0 Å². The molecule has 0 aliphatic heterocycles. The Bertz CT molecular complexity index is 420. The summed E-state index contributed by atoms with van der Waals surface area (Å²) in [4.78, 5) is 11.9. The second-order valence-corrected chi connectivity index (χ2v) is 5.01. The average Bonchev–Trinajstić information content (AvgIpc) is 2.32. The number of amides is 1. The monoisotopic (exact) mass is 248 g/mol. The van der Waals surface area contributed by atoms with Crippen LogP contribution in [0.15, 0.2) is 24.3 Å². The highest BCUT2D eigenvalue weighted by atomic mass is 16.3. The zero-order valence-corrected chi connectivity index (χ0v) is 10.4. The lowest BCUT2D eigenvalue weighted by atomic mass is 9.83. The number of nitrogens with one attached hydrogen (secondary N) is 1. The minimum atomic E-state index is -0.0250. The number of benzene rings is 1. The zero-order chi connectivity index (χ0) is 13.0. The largest absolute Gasteiger partial charge is 0.508 e. The number of anilines is 1. The van der Waals surface area contributed by atoms with Crippen molar-refractivity contribution in [3.05, 3.63) is 24.3 Å². The van der Waals surface area contributed by atoms with Crippen LogP contribution >= 0.6 is 0 Å². The molecule has 18 heavy (non-hydrogen) atoms. The van der Waals surface area contributed by atoms with Crippen LogP contribution in [0, 0.1) is 5.92 Å². The quantitative estimate of drug-likeness (QED) is 0.768. The van der Waals surface area contributed by atoms with Gasteiger partial charge in [0.1, 0.15) is 5.75 Å². The van der Waals surface area contributed by atoms with Gasteiger partial charge in [-0.25, -0.2) is 0 Å². The molecule has 0 radical (unpaired) electrons. The molecule has 1 fully saturated rings. The van der Waals surface area contributed by atoms with Gasteiger partial charge in [0.25, 0.3) is 0 Å². The number of aromatic hydroxyl groups is 1.